The lowest BCUT2D eigenvalue weighted by atomic mass is 9.83. The van der Waals surface area contributed by atoms with E-state index in [1.54, 1.807) is 13.2 Å². The largest absolute Gasteiger partial charge is 0.496 e. The highest BCUT2D eigenvalue weighted by Gasteiger charge is 2.33. The number of ether oxygens (including phenoxy) is 2. The van der Waals surface area contributed by atoms with Crippen LogP contribution in [0.5, 0.6) is 11.5 Å². The third-order valence-corrected chi connectivity index (χ3v) is 7.81. The summed E-state index contributed by atoms with van der Waals surface area (Å²) in [6.45, 7) is 4.13. The molecule has 0 N–H and O–H groups in total. The van der Waals surface area contributed by atoms with Gasteiger partial charge in [-0.3, -0.25) is 9.36 Å². The minimum absolute atomic E-state index is 0.0533. The molecule has 0 spiro atoms. The molecule has 0 bridgehead atoms. The molecule has 6 heteroatoms. The van der Waals surface area contributed by atoms with Gasteiger partial charge in [-0.2, -0.15) is 0 Å². The van der Waals surface area contributed by atoms with Gasteiger partial charge in [0.05, 0.1) is 23.4 Å². The van der Waals surface area contributed by atoms with Gasteiger partial charge < -0.3 is 9.47 Å². The fraction of sp³-hybridized carbons (Fsp3) is 0.161. The Kier molecular flexibility index (Phi) is 6.10. The first-order valence-corrected chi connectivity index (χ1v) is 13.1. The fourth-order valence-electron chi connectivity index (χ4n) is 5.19. The number of thiazole rings is 1. The minimum Gasteiger partial charge on any atom is -0.496 e. The summed E-state index contributed by atoms with van der Waals surface area (Å²) in [4.78, 5) is 19.7. The van der Waals surface area contributed by atoms with Crippen LogP contribution in [-0.2, 0) is 6.42 Å². The van der Waals surface area contributed by atoms with Crippen LogP contribution < -0.4 is 24.4 Å². The van der Waals surface area contributed by atoms with Crippen molar-refractivity contribution in [3.8, 4) is 11.5 Å². The van der Waals surface area contributed by atoms with E-state index in [9.17, 15) is 4.79 Å². The Labute approximate surface area is 219 Å². The minimum atomic E-state index is -0.278. The molecule has 5 nitrogen and oxygen atoms in total. The van der Waals surface area contributed by atoms with Crippen molar-refractivity contribution >= 4 is 23.1 Å². The molecule has 184 valence electrons. The summed E-state index contributed by atoms with van der Waals surface area (Å²) in [5, 5.41) is 0. The number of allylic oxidation sites excluding steroid dienone is 1. The van der Waals surface area contributed by atoms with E-state index in [2.05, 4.69) is 36.9 Å². The van der Waals surface area contributed by atoms with E-state index in [-0.39, 0.29) is 11.6 Å². The number of benzene rings is 3. The van der Waals surface area contributed by atoms with Crippen molar-refractivity contribution in [1.82, 2.24) is 4.57 Å². The lowest BCUT2D eigenvalue weighted by molar-refractivity contribution is 0.363. The molecule has 1 aliphatic heterocycles. The molecule has 3 aromatic carbocycles. The fourth-order valence-corrected chi connectivity index (χ4v) is 6.19. The van der Waals surface area contributed by atoms with Gasteiger partial charge in [0.15, 0.2) is 4.80 Å². The molecule has 0 fully saturated rings. The number of para-hydroxylation sites is 1. The zero-order valence-electron chi connectivity index (χ0n) is 20.5. The second kappa shape index (κ2) is 9.71. The average molecular weight is 507 g/mol. The molecule has 1 aliphatic carbocycles. The Hall–Kier alpha value is -4.16. The highest BCUT2D eigenvalue weighted by molar-refractivity contribution is 7.07. The number of aromatic nitrogens is 1. The second-order valence-corrected chi connectivity index (χ2v) is 10.0. The molecule has 6 rings (SSSR count). The Balaban J connectivity index is 1.58. The monoisotopic (exact) mass is 506 g/mol. The highest BCUT2D eigenvalue weighted by atomic mass is 32.1. The molecule has 0 saturated heterocycles. The van der Waals surface area contributed by atoms with Gasteiger partial charge in [-0.25, -0.2) is 4.99 Å². The first kappa shape index (κ1) is 23.3. The smallest absolute Gasteiger partial charge is 0.271 e. The van der Waals surface area contributed by atoms with Gasteiger partial charge in [-0.1, -0.05) is 78.6 Å². The van der Waals surface area contributed by atoms with Gasteiger partial charge in [0.2, 0.25) is 0 Å². The van der Waals surface area contributed by atoms with Crippen molar-refractivity contribution < 1.29 is 9.47 Å². The Morgan fingerprint density at radius 3 is 2.78 bits per heavy atom. The number of rotatable bonds is 6. The van der Waals surface area contributed by atoms with Crippen LogP contribution in [0.25, 0.3) is 11.8 Å². The van der Waals surface area contributed by atoms with Gasteiger partial charge in [0, 0.05) is 11.1 Å². The maximum atomic E-state index is 14.0. The standard InChI is InChI=1S/C31H26N2O3S/c1-3-17-36-22-11-8-9-20(18-22)19-27-30(34)33-29(24-13-6-7-14-26(24)35-2)25-16-15-21-10-4-5-12-23(21)28(25)32-31(33)37-27/h3-14,18-19,29H,1,15-17H2,2H3/b27-19+/t29-/m0/s1. The summed E-state index contributed by atoms with van der Waals surface area (Å²) in [5.41, 5.74) is 6.39. The molecule has 4 aromatic rings. The number of methoxy groups -OCH3 is 1. The van der Waals surface area contributed by atoms with Gasteiger partial charge in [0.1, 0.15) is 18.1 Å². The molecule has 0 saturated carbocycles. The lowest BCUT2D eigenvalue weighted by Crippen LogP contribution is -2.39. The van der Waals surface area contributed by atoms with Crippen molar-refractivity contribution in [2.45, 2.75) is 18.9 Å². The third kappa shape index (κ3) is 4.13. The molecule has 0 amide bonds. The molecule has 1 atom stereocenters. The van der Waals surface area contributed by atoms with E-state index in [1.807, 2.05) is 53.1 Å². The summed E-state index contributed by atoms with van der Waals surface area (Å²) < 4.78 is 13.9. The molecule has 2 aliphatic rings. The van der Waals surface area contributed by atoms with Gasteiger partial charge in [0.25, 0.3) is 5.56 Å². The molecular formula is C31H26N2O3S. The zero-order valence-corrected chi connectivity index (χ0v) is 21.3. The topological polar surface area (TPSA) is 52.8 Å². The summed E-state index contributed by atoms with van der Waals surface area (Å²) in [5.74, 6) is 1.50. The number of nitrogens with zero attached hydrogens (tertiary/aromatic N) is 2. The highest BCUT2D eigenvalue weighted by Crippen LogP contribution is 2.43. The number of aryl methyl sites for hydroxylation is 1. The van der Waals surface area contributed by atoms with Crippen LogP contribution in [0.2, 0.25) is 0 Å². The van der Waals surface area contributed by atoms with E-state index in [0.29, 0.717) is 15.9 Å². The first-order chi connectivity index (χ1) is 18.2. The number of hydrogen-bond donors (Lipinski definition) is 0. The summed E-state index contributed by atoms with van der Waals surface area (Å²) >= 11 is 1.42. The van der Waals surface area contributed by atoms with E-state index >= 15 is 0 Å². The number of fused-ring (bicyclic) bond motifs is 3. The Bertz CT molecular complexity index is 1730. The number of hydrogen-bond acceptors (Lipinski definition) is 5. The average Bonchev–Trinajstić information content (AvgIpc) is 3.25. The molecule has 1 aromatic heterocycles. The van der Waals surface area contributed by atoms with Crippen molar-refractivity contribution in [1.29, 1.82) is 0 Å². The van der Waals surface area contributed by atoms with Gasteiger partial charge in [-0.15, -0.1) is 0 Å². The molecular weight excluding hydrogens is 480 g/mol. The summed E-state index contributed by atoms with van der Waals surface area (Å²) in [7, 11) is 1.68. The van der Waals surface area contributed by atoms with Crippen LogP contribution in [0, 0.1) is 0 Å². The van der Waals surface area contributed by atoms with Crippen LogP contribution in [0.4, 0.5) is 0 Å². The van der Waals surface area contributed by atoms with E-state index < -0.39 is 0 Å². The van der Waals surface area contributed by atoms with Crippen LogP contribution in [-0.4, -0.2) is 18.3 Å². The van der Waals surface area contributed by atoms with Crippen molar-refractivity contribution in [3.05, 3.63) is 133 Å². The van der Waals surface area contributed by atoms with Gasteiger partial charge in [-0.05, 0) is 53.8 Å². The van der Waals surface area contributed by atoms with Crippen LogP contribution in [0.3, 0.4) is 0 Å². The maximum Gasteiger partial charge on any atom is 0.271 e. The predicted octanol–water partition coefficient (Wildman–Crippen LogP) is 4.89. The quantitative estimate of drug-likeness (QED) is 0.350. The first-order valence-electron chi connectivity index (χ1n) is 12.3. The summed E-state index contributed by atoms with van der Waals surface area (Å²) in [6, 6.07) is 23.8. The van der Waals surface area contributed by atoms with Gasteiger partial charge >= 0.3 is 0 Å². The van der Waals surface area contributed by atoms with Crippen molar-refractivity contribution in [2.75, 3.05) is 13.7 Å². The van der Waals surface area contributed by atoms with Crippen LogP contribution >= 0.6 is 11.3 Å². The van der Waals surface area contributed by atoms with E-state index in [4.69, 9.17) is 14.5 Å². The zero-order chi connectivity index (χ0) is 25.4. The SMILES string of the molecule is C=CCOc1cccc(/C=c2/sc3n(c2=O)[C@@H](c2ccccc2OC)C2=C(N=3)c3ccccc3CC2)c1. The Morgan fingerprint density at radius 1 is 1.08 bits per heavy atom. The Morgan fingerprint density at radius 2 is 1.92 bits per heavy atom. The van der Waals surface area contributed by atoms with Crippen LogP contribution in [0.1, 0.15) is 34.7 Å². The van der Waals surface area contributed by atoms with Crippen LogP contribution in [0.15, 0.2) is 101 Å². The van der Waals surface area contributed by atoms with E-state index in [1.165, 1.54) is 16.9 Å². The lowest BCUT2D eigenvalue weighted by Gasteiger charge is -2.31. The molecule has 37 heavy (non-hydrogen) atoms. The normalized spacial score (nSPS) is 16.4. The van der Waals surface area contributed by atoms with Crippen molar-refractivity contribution in [3.63, 3.8) is 0 Å². The molecule has 0 unspecified atom stereocenters. The third-order valence-electron chi connectivity index (χ3n) is 6.83. The second-order valence-electron chi connectivity index (χ2n) is 9.03. The van der Waals surface area contributed by atoms with E-state index in [0.717, 1.165) is 52.3 Å². The molecule has 0 radical (unpaired) electrons. The maximum absolute atomic E-state index is 14.0. The van der Waals surface area contributed by atoms with Crippen molar-refractivity contribution in [2.24, 2.45) is 4.99 Å². The summed E-state index contributed by atoms with van der Waals surface area (Å²) in [6.07, 6.45) is 5.38. The predicted molar refractivity (Wildman–Crippen MR) is 148 cm³/mol. The molecule has 2 heterocycles.